The molecule has 7 heteroatoms. The number of amides is 2. The molecular weight excluding hydrogens is 378 g/mol. The van der Waals surface area contributed by atoms with Crippen molar-refractivity contribution in [1.82, 2.24) is 10.2 Å². The Hall–Kier alpha value is -2.96. The van der Waals surface area contributed by atoms with Gasteiger partial charge in [-0.2, -0.15) is 0 Å². The Morgan fingerprint density at radius 1 is 1.07 bits per heavy atom. The summed E-state index contributed by atoms with van der Waals surface area (Å²) in [6.45, 7) is 3.93. The Balaban J connectivity index is 2.19. The Labute approximate surface area is 169 Å². The maximum Gasteiger partial charge on any atom is 0.261 e. The predicted molar refractivity (Wildman–Crippen MR) is 106 cm³/mol. The van der Waals surface area contributed by atoms with E-state index in [4.69, 9.17) is 4.74 Å². The molecule has 29 heavy (non-hydrogen) atoms. The van der Waals surface area contributed by atoms with Crippen molar-refractivity contribution in [2.45, 2.75) is 39.3 Å². The van der Waals surface area contributed by atoms with Crippen LogP contribution < -0.4 is 10.1 Å². The highest BCUT2D eigenvalue weighted by Gasteiger charge is 2.28. The number of nitrogens with one attached hydrogen (secondary N) is 1. The van der Waals surface area contributed by atoms with Crippen LogP contribution in [0.5, 0.6) is 5.75 Å². The van der Waals surface area contributed by atoms with Crippen LogP contribution in [0.3, 0.4) is 0 Å². The van der Waals surface area contributed by atoms with Gasteiger partial charge >= 0.3 is 0 Å². The Bertz CT molecular complexity index is 812. The fraction of sp³-hybridized carbons (Fsp3) is 0.364. The minimum absolute atomic E-state index is 0.0361. The number of benzene rings is 2. The fourth-order valence-electron chi connectivity index (χ4n) is 2.86. The number of hydrogen-bond donors (Lipinski definition) is 1. The van der Waals surface area contributed by atoms with E-state index >= 15 is 0 Å². The summed E-state index contributed by atoms with van der Waals surface area (Å²) < 4.78 is 32.3. The molecule has 0 aromatic heterocycles. The zero-order valence-corrected chi connectivity index (χ0v) is 16.7. The molecular formula is C22H26F2N2O3. The fourth-order valence-corrected chi connectivity index (χ4v) is 2.86. The molecule has 156 valence electrons. The molecule has 0 saturated carbocycles. The van der Waals surface area contributed by atoms with Crippen molar-refractivity contribution >= 4 is 11.8 Å². The average Bonchev–Trinajstić information content (AvgIpc) is 2.72. The molecule has 1 N–H and O–H groups in total. The first-order chi connectivity index (χ1) is 14.0. The average molecular weight is 404 g/mol. The Morgan fingerprint density at radius 2 is 1.76 bits per heavy atom. The highest BCUT2D eigenvalue weighted by molar-refractivity contribution is 5.88. The maximum atomic E-state index is 13.8. The molecule has 0 fully saturated rings. The molecule has 0 radical (unpaired) electrons. The molecule has 1 atom stereocenters. The highest BCUT2D eigenvalue weighted by Crippen LogP contribution is 2.17. The monoisotopic (exact) mass is 404 g/mol. The van der Waals surface area contributed by atoms with E-state index in [1.165, 1.54) is 35.2 Å². The summed E-state index contributed by atoms with van der Waals surface area (Å²) in [5.41, 5.74) is 0.674. The minimum atomic E-state index is -0.719. The van der Waals surface area contributed by atoms with E-state index in [9.17, 15) is 18.4 Å². The van der Waals surface area contributed by atoms with Gasteiger partial charge in [0.25, 0.3) is 5.91 Å². The molecule has 2 rings (SSSR count). The molecule has 2 amide bonds. The zero-order chi connectivity index (χ0) is 21.2. The second-order valence-corrected chi connectivity index (χ2v) is 6.58. The number of ether oxygens (including phenoxy) is 1. The normalized spacial score (nSPS) is 11.6. The van der Waals surface area contributed by atoms with Gasteiger partial charge in [0.05, 0.1) is 0 Å². The summed E-state index contributed by atoms with van der Waals surface area (Å²) in [5.74, 6) is -1.72. The Kier molecular flexibility index (Phi) is 8.58. The van der Waals surface area contributed by atoms with Gasteiger partial charge in [0, 0.05) is 13.1 Å². The van der Waals surface area contributed by atoms with Crippen LogP contribution >= 0.6 is 0 Å². The third-order valence-corrected chi connectivity index (χ3v) is 4.39. The highest BCUT2D eigenvalue weighted by atomic mass is 19.1. The number of rotatable bonds is 10. The third-order valence-electron chi connectivity index (χ3n) is 4.39. The van der Waals surface area contributed by atoms with Crippen molar-refractivity contribution < 1.29 is 23.1 Å². The van der Waals surface area contributed by atoms with Gasteiger partial charge < -0.3 is 15.0 Å². The van der Waals surface area contributed by atoms with Gasteiger partial charge in [0.1, 0.15) is 11.9 Å². The van der Waals surface area contributed by atoms with Crippen molar-refractivity contribution in [1.29, 1.82) is 0 Å². The lowest BCUT2D eigenvalue weighted by Crippen LogP contribution is -2.50. The van der Waals surface area contributed by atoms with Gasteiger partial charge in [-0.15, -0.1) is 0 Å². The van der Waals surface area contributed by atoms with Crippen molar-refractivity contribution in [3.8, 4) is 5.75 Å². The summed E-state index contributed by atoms with van der Waals surface area (Å²) in [7, 11) is 0. The lowest BCUT2D eigenvalue weighted by atomic mass is 10.1. The van der Waals surface area contributed by atoms with E-state index in [0.717, 1.165) is 6.42 Å². The van der Waals surface area contributed by atoms with Gasteiger partial charge in [-0.05, 0) is 42.7 Å². The van der Waals surface area contributed by atoms with Crippen LogP contribution in [0.4, 0.5) is 8.78 Å². The summed E-state index contributed by atoms with van der Waals surface area (Å²) in [6.07, 6.45) is 1.16. The van der Waals surface area contributed by atoms with Gasteiger partial charge in [0.15, 0.2) is 18.2 Å². The first-order valence-electron chi connectivity index (χ1n) is 9.65. The third kappa shape index (κ3) is 6.55. The van der Waals surface area contributed by atoms with Crippen molar-refractivity contribution in [2.24, 2.45) is 0 Å². The molecule has 2 aromatic rings. The van der Waals surface area contributed by atoms with E-state index in [1.807, 2.05) is 6.92 Å². The van der Waals surface area contributed by atoms with E-state index in [-0.39, 0.29) is 24.0 Å². The van der Waals surface area contributed by atoms with Crippen molar-refractivity contribution in [3.05, 3.63) is 65.7 Å². The number of carbonyl (C=O) groups excluding carboxylic acids is 2. The topological polar surface area (TPSA) is 58.6 Å². The van der Waals surface area contributed by atoms with Crippen LogP contribution in [0.25, 0.3) is 0 Å². The first-order valence-corrected chi connectivity index (χ1v) is 9.65. The standard InChI is InChI=1S/C22H26F2N2O3/c1-3-13-25-22(28)19(4-2)26(14-16-9-11-17(23)12-10-16)21(27)15-29-20-8-6-5-7-18(20)24/h5-12,19H,3-4,13-15H2,1-2H3,(H,25,28). The second kappa shape index (κ2) is 11.1. The number of halogens is 2. The van der Waals surface area contributed by atoms with Crippen LogP contribution in [0, 0.1) is 11.6 Å². The quantitative estimate of drug-likeness (QED) is 0.657. The molecule has 1 unspecified atom stereocenters. The molecule has 2 aromatic carbocycles. The minimum Gasteiger partial charge on any atom is -0.481 e. The van der Waals surface area contributed by atoms with Gasteiger partial charge in [-0.3, -0.25) is 9.59 Å². The number of carbonyl (C=O) groups is 2. The summed E-state index contributed by atoms with van der Waals surface area (Å²) in [5, 5.41) is 2.80. The summed E-state index contributed by atoms with van der Waals surface area (Å²) in [6, 6.07) is 10.8. The molecule has 0 aliphatic carbocycles. The first kappa shape index (κ1) is 22.3. The number of hydrogen-bond acceptors (Lipinski definition) is 3. The molecule has 0 aliphatic rings. The van der Waals surface area contributed by atoms with Crippen LogP contribution in [0.15, 0.2) is 48.5 Å². The molecule has 0 aliphatic heterocycles. The van der Waals surface area contributed by atoms with Crippen LogP contribution in [0.1, 0.15) is 32.3 Å². The van der Waals surface area contributed by atoms with Gasteiger partial charge in [0.2, 0.25) is 5.91 Å². The molecule has 5 nitrogen and oxygen atoms in total. The number of para-hydroxylation sites is 1. The lowest BCUT2D eigenvalue weighted by Gasteiger charge is -2.30. The van der Waals surface area contributed by atoms with E-state index in [1.54, 1.807) is 25.1 Å². The number of nitrogens with zero attached hydrogens (tertiary/aromatic N) is 1. The van der Waals surface area contributed by atoms with Crippen molar-refractivity contribution in [2.75, 3.05) is 13.2 Å². The molecule has 0 bridgehead atoms. The van der Waals surface area contributed by atoms with Crippen LogP contribution in [-0.2, 0) is 16.1 Å². The lowest BCUT2D eigenvalue weighted by molar-refractivity contribution is -0.143. The van der Waals surface area contributed by atoms with E-state index in [0.29, 0.717) is 18.5 Å². The van der Waals surface area contributed by atoms with Crippen LogP contribution in [-0.4, -0.2) is 35.9 Å². The van der Waals surface area contributed by atoms with Crippen molar-refractivity contribution in [3.63, 3.8) is 0 Å². The largest absolute Gasteiger partial charge is 0.481 e. The molecule has 0 spiro atoms. The zero-order valence-electron chi connectivity index (χ0n) is 16.7. The summed E-state index contributed by atoms with van der Waals surface area (Å²) >= 11 is 0. The Morgan fingerprint density at radius 3 is 2.38 bits per heavy atom. The maximum absolute atomic E-state index is 13.8. The smallest absolute Gasteiger partial charge is 0.261 e. The van der Waals surface area contributed by atoms with E-state index in [2.05, 4.69) is 5.32 Å². The van der Waals surface area contributed by atoms with Gasteiger partial charge in [-0.1, -0.05) is 38.1 Å². The molecule has 0 saturated heterocycles. The van der Waals surface area contributed by atoms with Crippen LogP contribution in [0.2, 0.25) is 0 Å². The second-order valence-electron chi connectivity index (χ2n) is 6.58. The molecule has 0 heterocycles. The van der Waals surface area contributed by atoms with Gasteiger partial charge in [-0.25, -0.2) is 8.78 Å². The SMILES string of the molecule is CCCNC(=O)C(CC)N(Cc1ccc(F)cc1)C(=O)COc1ccccc1F. The predicted octanol–water partition coefficient (Wildman–Crippen LogP) is 3.68. The van der Waals surface area contributed by atoms with E-state index < -0.39 is 24.4 Å². The summed E-state index contributed by atoms with van der Waals surface area (Å²) in [4.78, 5) is 26.9.